The molecule has 0 spiro atoms. The number of nitrogens with one attached hydrogen (secondary N) is 1. The molecule has 28 heavy (non-hydrogen) atoms. The maximum Gasteiger partial charge on any atom is 0.145 e. The molecule has 5 rings (SSSR count). The van der Waals surface area contributed by atoms with E-state index >= 15 is 0 Å². The molecule has 0 saturated heterocycles. The predicted octanol–water partition coefficient (Wildman–Crippen LogP) is 4.89. The number of hydrogen-bond donors (Lipinski definition) is 1. The van der Waals surface area contributed by atoms with Crippen LogP contribution in [0.25, 0.3) is 11.5 Å². The first-order valence-electron chi connectivity index (χ1n) is 9.45. The third-order valence-electron chi connectivity index (χ3n) is 5.39. The zero-order valence-electron chi connectivity index (χ0n) is 16.0. The lowest BCUT2D eigenvalue weighted by molar-refractivity contribution is 0.596. The summed E-state index contributed by atoms with van der Waals surface area (Å²) in [4.78, 5) is 1.28. The van der Waals surface area contributed by atoms with Gasteiger partial charge in [-0.25, -0.2) is 4.68 Å². The first kappa shape index (κ1) is 17.3. The van der Waals surface area contributed by atoms with Crippen molar-refractivity contribution in [1.29, 1.82) is 0 Å². The van der Waals surface area contributed by atoms with Crippen LogP contribution in [0.3, 0.4) is 0 Å². The Morgan fingerprint density at radius 1 is 1.00 bits per heavy atom. The zero-order valence-corrected chi connectivity index (χ0v) is 16.8. The largest absolute Gasteiger partial charge is 0.303 e. The van der Waals surface area contributed by atoms with E-state index in [1.807, 2.05) is 6.07 Å². The van der Waals surface area contributed by atoms with Crippen LogP contribution in [0.5, 0.6) is 0 Å². The molecule has 4 nitrogen and oxygen atoms in total. The zero-order chi connectivity index (χ0) is 19.1. The summed E-state index contributed by atoms with van der Waals surface area (Å²) in [6.45, 7) is 2.88. The van der Waals surface area contributed by atoms with Crippen molar-refractivity contribution in [2.24, 2.45) is 0 Å². The van der Waals surface area contributed by atoms with Gasteiger partial charge in [0.2, 0.25) is 0 Å². The van der Waals surface area contributed by atoms with Crippen molar-refractivity contribution >= 4 is 11.8 Å². The summed E-state index contributed by atoms with van der Waals surface area (Å²) < 4.78 is 4.35. The first-order chi connectivity index (χ1) is 13.8. The molecule has 0 bridgehead atoms. The van der Waals surface area contributed by atoms with Crippen LogP contribution in [0, 0.1) is 6.92 Å². The molecule has 4 aromatic rings. The van der Waals surface area contributed by atoms with Gasteiger partial charge in [0.1, 0.15) is 5.82 Å². The lowest BCUT2D eigenvalue weighted by atomic mass is 10.0. The van der Waals surface area contributed by atoms with E-state index in [0.29, 0.717) is 0 Å². The fourth-order valence-corrected chi connectivity index (χ4v) is 4.38. The number of benzene rings is 2. The number of hydrogen-bond acceptors (Lipinski definition) is 3. The molecule has 1 N–H and O–H groups in total. The molecule has 5 heteroatoms. The number of thioether (sulfide) groups is 1. The normalized spacial score (nSPS) is 15.7. The highest BCUT2D eigenvalue weighted by molar-refractivity contribution is 7.98. The molecule has 0 radical (unpaired) electrons. The average molecular weight is 387 g/mol. The molecule has 140 valence electrons. The molecular weight excluding hydrogens is 364 g/mol. The monoisotopic (exact) mass is 386 g/mol. The number of fused-ring (bicyclic) bond motifs is 3. The second-order valence-corrected chi connectivity index (χ2v) is 7.90. The van der Waals surface area contributed by atoms with Crippen molar-refractivity contribution in [1.82, 2.24) is 19.7 Å². The van der Waals surface area contributed by atoms with E-state index in [4.69, 9.17) is 5.10 Å². The van der Waals surface area contributed by atoms with Crippen molar-refractivity contribution in [3.8, 4) is 11.5 Å². The van der Waals surface area contributed by atoms with Gasteiger partial charge >= 0.3 is 0 Å². The summed E-state index contributed by atoms with van der Waals surface area (Å²) in [6.07, 6.45) is 4.25. The van der Waals surface area contributed by atoms with Crippen molar-refractivity contribution in [2.45, 2.75) is 24.4 Å². The maximum atomic E-state index is 4.86. The minimum atomic E-state index is 0.141. The predicted molar refractivity (Wildman–Crippen MR) is 115 cm³/mol. The summed E-state index contributed by atoms with van der Waals surface area (Å²) in [5.41, 5.74) is 5.88. The topological polar surface area (TPSA) is 34.8 Å². The molecule has 0 fully saturated rings. The van der Waals surface area contributed by atoms with Crippen LogP contribution in [-0.4, -0.2) is 20.6 Å². The van der Waals surface area contributed by atoms with Gasteiger partial charge in [0.05, 0.1) is 17.4 Å². The van der Waals surface area contributed by atoms with E-state index in [2.05, 4.69) is 94.6 Å². The van der Waals surface area contributed by atoms with Gasteiger partial charge in [-0.3, -0.25) is 0 Å². The minimum absolute atomic E-state index is 0.141. The number of para-hydroxylation sites is 1. The first-order valence-corrected chi connectivity index (χ1v) is 10.7. The second kappa shape index (κ2) is 7.00. The van der Waals surface area contributed by atoms with Crippen molar-refractivity contribution in [3.05, 3.63) is 95.4 Å². The number of nitrogens with zero attached hydrogens (tertiary/aromatic N) is 3. The highest BCUT2D eigenvalue weighted by Gasteiger charge is 2.27. The fourth-order valence-electron chi connectivity index (χ4n) is 3.97. The standard InChI is InChI=1S/C23H22N4S/c1-16-20-15-24-22(17-10-12-19(28-2)13-11-17)21-9-6-14-26(21)23(20)27(25-16)18-7-4-3-5-8-18/h3-14,22,24H,15H2,1-2H3/t22-/m0/s1. The molecule has 1 aliphatic rings. The molecule has 2 aromatic heterocycles. The van der Waals surface area contributed by atoms with E-state index in [1.54, 1.807) is 11.8 Å². The van der Waals surface area contributed by atoms with Crippen LogP contribution < -0.4 is 5.32 Å². The number of aryl methyl sites for hydroxylation is 1. The summed E-state index contributed by atoms with van der Waals surface area (Å²) in [6, 6.07) is 23.7. The molecule has 0 aliphatic carbocycles. The summed E-state index contributed by atoms with van der Waals surface area (Å²) >= 11 is 1.77. The van der Waals surface area contributed by atoms with Gasteiger partial charge in [-0.1, -0.05) is 30.3 Å². The quantitative estimate of drug-likeness (QED) is 0.509. The SMILES string of the molecule is CSc1ccc([C@@H]2NCc3c(C)nn(-c4ccccc4)c3-n3cccc32)cc1. The molecule has 0 unspecified atom stereocenters. The van der Waals surface area contributed by atoms with Gasteiger partial charge in [0.25, 0.3) is 0 Å². The fraction of sp³-hybridized carbons (Fsp3) is 0.174. The molecule has 1 aliphatic heterocycles. The Balaban J connectivity index is 1.66. The summed E-state index contributed by atoms with van der Waals surface area (Å²) in [5, 5.41) is 8.61. The van der Waals surface area contributed by atoms with E-state index in [-0.39, 0.29) is 6.04 Å². The van der Waals surface area contributed by atoms with Crippen molar-refractivity contribution < 1.29 is 0 Å². The van der Waals surface area contributed by atoms with Gasteiger partial charge in [0, 0.05) is 28.9 Å². The lowest BCUT2D eigenvalue weighted by Crippen LogP contribution is -2.21. The third-order valence-corrected chi connectivity index (χ3v) is 6.14. The van der Waals surface area contributed by atoms with Crippen LogP contribution in [0.15, 0.2) is 77.8 Å². The van der Waals surface area contributed by atoms with Gasteiger partial charge < -0.3 is 9.88 Å². The van der Waals surface area contributed by atoms with E-state index in [9.17, 15) is 0 Å². The molecular formula is C23H22N4S. The molecule has 0 amide bonds. The third kappa shape index (κ3) is 2.79. The highest BCUT2D eigenvalue weighted by atomic mass is 32.2. The van der Waals surface area contributed by atoms with E-state index in [0.717, 1.165) is 23.7 Å². The van der Waals surface area contributed by atoms with Crippen LogP contribution >= 0.6 is 11.8 Å². The smallest absolute Gasteiger partial charge is 0.145 e. The second-order valence-electron chi connectivity index (χ2n) is 7.03. The van der Waals surface area contributed by atoms with Gasteiger partial charge in [-0.15, -0.1) is 11.8 Å². The van der Waals surface area contributed by atoms with E-state index < -0.39 is 0 Å². The van der Waals surface area contributed by atoms with Crippen LogP contribution in [0.2, 0.25) is 0 Å². The maximum absolute atomic E-state index is 4.86. The molecule has 3 heterocycles. The van der Waals surface area contributed by atoms with Gasteiger partial charge in [-0.2, -0.15) is 5.10 Å². The van der Waals surface area contributed by atoms with Crippen LogP contribution in [0.4, 0.5) is 0 Å². The summed E-state index contributed by atoms with van der Waals surface area (Å²) in [7, 11) is 0. The molecule has 0 saturated carbocycles. The van der Waals surface area contributed by atoms with Crippen LogP contribution in [0.1, 0.15) is 28.6 Å². The minimum Gasteiger partial charge on any atom is -0.303 e. The van der Waals surface area contributed by atoms with Gasteiger partial charge in [0.15, 0.2) is 0 Å². The lowest BCUT2D eigenvalue weighted by Gasteiger charge is -2.19. The average Bonchev–Trinajstić information content (AvgIpc) is 3.30. The Morgan fingerprint density at radius 3 is 2.54 bits per heavy atom. The Bertz CT molecular complexity index is 1110. The number of aromatic nitrogens is 3. The Kier molecular flexibility index (Phi) is 4.34. The Hall–Kier alpha value is -2.76. The van der Waals surface area contributed by atoms with Crippen molar-refractivity contribution in [2.75, 3.05) is 6.26 Å². The highest BCUT2D eigenvalue weighted by Crippen LogP contribution is 2.33. The molecule has 2 aromatic carbocycles. The van der Waals surface area contributed by atoms with E-state index in [1.165, 1.54) is 21.7 Å². The molecule has 1 atom stereocenters. The Morgan fingerprint density at radius 2 is 1.79 bits per heavy atom. The van der Waals surface area contributed by atoms with Gasteiger partial charge in [-0.05, 0) is 55.1 Å². The van der Waals surface area contributed by atoms with Crippen LogP contribution in [-0.2, 0) is 6.54 Å². The number of rotatable bonds is 3. The Labute approximate surface area is 169 Å². The van der Waals surface area contributed by atoms with Crippen molar-refractivity contribution in [3.63, 3.8) is 0 Å². The summed E-state index contributed by atoms with van der Waals surface area (Å²) in [5.74, 6) is 1.12.